The van der Waals surface area contributed by atoms with Crippen molar-refractivity contribution >= 4 is 27.5 Å². The van der Waals surface area contributed by atoms with E-state index in [1.54, 1.807) is 11.3 Å². The van der Waals surface area contributed by atoms with Crippen molar-refractivity contribution < 1.29 is 9.53 Å². The minimum absolute atomic E-state index is 0.152. The molecule has 2 rings (SSSR count). The number of hydrogen-bond acceptors (Lipinski definition) is 4. The van der Waals surface area contributed by atoms with Crippen LogP contribution in [0.15, 0.2) is 24.3 Å². The lowest BCUT2D eigenvalue weighted by Crippen LogP contribution is -2.00. The molecule has 0 aliphatic heterocycles. The van der Waals surface area contributed by atoms with Gasteiger partial charge in [-0.1, -0.05) is 12.1 Å². The largest absolute Gasteiger partial charge is 0.469 e. The number of benzene rings is 1. The number of carbonyl (C=O) groups excluding carboxylic acids is 1. The van der Waals surface area contributed by atoms with E-state index >= 15 is 0 Å². The highest BCUT2D eigenvalue weighted by Gasteiger charge is 2.05. The number of fused-ring (bicyclic) bond motifs is 1. The van der Waals surface area contributed by atoms with Gasteiger partial charge in [0.05, 0.1) is 22.3 Å². The molecule has 0 saturated carbocycles. The summed E-state index contributed by atoms with van der Waals surface area (Å²) < 4.78 is 5.80. The first-order chi connectivity index (χ1) is 7.79. The molecular weight excluding hydrogens is 222 g/mol. The summed E-state index contributed by atoms with van der Waals surface area (Å²) in [6.07, 6.45) is 2.10. The van der Waals surface area contributed by atoms with Crippen molar-refractivity contribution in [1.82, 2.24) is 4.98 Å². The van der Waals surface area contributed by atoms with Gasteiger partial charge in [-0.25, -0.2) is 4.98 Å². The van der Waals surface area contributed by atoms with Gasteiger partial charge >= 0.3 is 5.97 Å². The molecule has 16 heavy (non-hydrogen) atoms. The Labute approximate surface area is 98.1 Å². The number of methoxy groups -OCH3 is 1. The lowest BCUT2D eigenvalue weighted by Gasteiger charge is -1.96. The third-order valence-corrected chi connectivity index (χ3v) is 3.43. The molecule has 84 valence electrons. The molecule has 0 N–H and O–H groups in total. The maximum absolute atomic E-state index is 10.9. The molecule has 1 heterocycles. The molecule has 1 aromatic carbocycles. The van der Waals surface area contributed by atoms with Crippen LogP contribution in [0.2, 0.25) is 0 Å². The average molecular weight is 235 g/mol. The predicted molar refractivity (Wildman–Crippen MR) is 64.6 cm³/mol. The highest BCUT2D eigenvalue weighted by Crippen LogP contribution is 2.22. The number of hydrogen-bond donors (Lipinski definition) is 0. The molecule has 0 atom stereocenters. The molecule has 4 heteroatoms. The molecule has 0 unspecified atom stereocenters. The number of para-hydroxylation sites is 1. The molecule has 0 radical (unpaired) electrons. The van der Waals surface area contributed by atoms with Crippen molar-refractivity contribution in [2.45, 2.75) is 19.3 Å². The number of nitrogens with zero attached hydrogens (tertiary/aromatic N) is 1. The Morgan fingerprint density at radius 1 is 1.44 bits per heavy atom. The first-order valence-corrected chi connectivity index (χ1v) is 6.02. The fourth-order valence-electron chi connectivity index (χ4n) is 1.51. The van der Waals surface area contributed by atoms with E-state index in [1.165, 1.54) is 11.8 Å². The summed E-state index contributed by atoms with van der Waals surface area (Å²) >= 11 is 1.69. The molecule has 0 amide bonds. The zero-order chi connectivity index (χ0) is 11.4. The summed E-state index contributed by atoms with van der Waals surface area (Å²) in [6, 6.07) is 8.07. The summed E-state index contributed by atoms with van der Waals surface area (Å²) in [7, 11) is 1.42. The van der Waals surface area contributed by atoms with Crippen LogP contribution in [-0.4, -0.2) is 18.1 Å². The van der Waals surface area contributed by atoms with E-state index in [2.05, 4.69) is 15.8 Å². The molecule has 3 nitrogen and oxygen atoms in total. The van der Waals surface area contributed by atoms with Gasteiger partial charge in [0.25, 0.3) is 0 Å². The number of esters is 1. The Hall–Kier alpha value is -1.42. The Morgan fingerprint density at radius 2 is 2.25 bits per heavy atom. The van der Waals surface area contributed by atoms with Crippen LogP contribution >= 0.6 is 11.3 Å². The molecule has 2 aromatic rings. The Kier molecular flexibility index (Phi) is 3.51. The topological polar surface area (TPSA) is 39.2 Å². The Morgan fingerprint density at radius 3 is 3.00 bits per heavy atom. The number of thiazole rings is 1. The molecule has 0 saturated heterocycles. The van der Waals surface area contributed by atoms with Gasteiger partial charge in [0, 0.05) is 6.42 Å². The van der Waals surface area contributed by atoms with Gasteiger partial charge in [-0.15, -0.1) is 11.3 Å². The molecule has 0 aliphatic rings. The van der Waals surface area contributed by atoms with Crippen molar-refractivity contribution in [2.24, 2.45) is 0 Å². The molecule has 0 aliphatic carbocycles. The fraction of sp³-hybridized carbons (Fsp3) is 0.333. The van der Waals surface area contributed by atoms with Crippen LogP contribution in [0.3, 0.4) is 0 Å². The lowest BCUT2D eigenvalue weighted by atomic mass is 10.2. The van der Waals surface area contributed by atoms with Crippen LogP contribution in [0.5, 0.6) is 0 Å². The first kappa shape index (κ1) is 11.1. The maximum Gasteiger partial charge on any atom is 0.305 e. The fourth-order valence-corrected chi connectivity index (χ4v) is 2.52. The van der Waals surface area contributed by atoms with E-state index in [-0.39, 0.29) is 5.97 Å². The van der Waals surface area contributed by atoms with Gasteiger partial charge in [0.2, 0.25) is 0 Å². The van der Waals surface area contributed by atoms with Crippen LogP contribution in [0, 0.1) is 0 Å². The van der Waals surface area contributed by atoms with E-state index in [9.17, 15) is 4.79 Å². The second-order valence-corrected chi connectivity index (χ2v) is 4.62. The van der Waals surface area contributed by atoms with Crippen molar-refractivity contribution in [1.29, 1.82) is 0 Å². The van der Waals surface area contributed by atoms with Gasteiger partial charge < -0.3 is 4.74 Å². The third-order valence-electron chi connectivity index (χ3n) is 2.34. The van der Waals surface area contributed by atoms with E-state index in [1.807, 2.05) is 18.2 Å². The van der Waals surface area contributed by atoms with Crippen LogP contribution in [0.25, 0.3) is 10.2 Å². The molecule has 0 fully saturated rings. The summed E-state index contributed by atoms with van der Waals surface area (Å²) in [5.74, 6) is -0.152. The number of rotatable bonds is 4. The van der Waals surface area contributed by atoms with Crippen molar-refractivity contribution in [2.75, 3.05) is 7.11 Å². The van der Waals surface area contributed by atoms with Crippen molar-refractivity contribution in [3.05, 3.63) is 29.3 Å². The highest BCUT2D eigenvalue weighted by molar-refractivity contribution is 7.18. The zero-order valence-electron chi connectivity index (χ0n) is 9.10. The van der Waals surface area contributed by atoms with Gasteiger partial charge in [-0.2, -0.15) is 0 Å². The van der Waals surface area contributed by atoms with Gasteiger partial charge in [-0.05, 0) is 25.0 Å². The highest BCUT2D eigenvalue weighted by atomic mass is 32.1. The SMILES string of the molecule is COC(=O)CCCc1nc2ccccc2s1. The van der Waals surface area contributed by atoms with E-state index < -0.39 is 0 Å². The van der Waals surface area contributed by atoms with E-state index in [4.69, 9.17) is 0 Å². The summed E-state index contributed by atoms with van der Waals surface area (Å²) in [5, 5.41) is 1.09. The maximum atomic E-state index is 10.9. The molecular formula is C12H13NO2S. The minimum atomic E-state index is -0.152. The number of ether oxygens (including phenoxy) is 1. The standard InChI is InChI=1S/C12H13NO2S/c1-15-12(14)8-4-7-11-13-9-5-2-3-6-10(9)16-11/h2-3,5-6H,4,7-8H2,1H3. The summed E-state index contributed by atoms with van der Waals surface area (Å²) in [6.45, 7) is 0. The average Bonchev–Trinajstić information content (AvgIpc) is 2.71. The van der Waals surface area contributed by atoms with Crippen LogP contribution in [0.4, 0.5) is 0 Å². The second-order valence-electron chi connectivity index (χ2n) is 3.51. The molecule has 0 spiro atoms. The smallest absolute Gasteiger partial charge is 0.305 e. The normalized spacial score (nSPS) is 10.6. The minimum Gasteiger partial charge on any atom is -0.469 e. The van der Waals surface area contributed by atoms with Crippen molar-refractivity contribution in [3.8, 4) is 0 Å². The van der Waals surface area contributed by atoms with Crippen LogP contribution in [0.1, 0.15) is 17.8 Å². The Bertz CT molecular complexity index is 459. The summed E-state index contributed by atoms with van der Waals surface area (Å²) in [4.78, 5) is 15.4. The predicted octanol–water partition coefficient (Wildman–Crippen LogP) is 2.79. The van der Waals surface area contributed by atoms with Gasteiger partial charge in [0.1, 0.15) is 0 Å². The monoisotopic (exact) mass is 235 g/mol. The zero-order valence-corrected chi connectivity index (χ0v) is 9.92. The Balaban J connectivity index is 1.97. The van der Waals surface area contributed by atoms with E-state index in [0.717, 1.165) is 23.4 Å². The molecule has 1 aromatic heterocycles. The number of carbonyl (C=O) groups is 1. The van der Waals surface area contributed by atoms with Crippen LogP contribution in [-0.2, 0) is 16.0 Å². The lowest BCUT2D eigenvalue weighted by molar-refractivity contribution is -0.140. The number of aryl methyl sites for hydroxylation is 1. The van der Waals surface area contributed by atoms with Crippen molar-refractivity contribution in [3.63, 3.8) is 0 Å². The molecule has 0 bridgehead atoms. The number of aromatic nitrogens is 1. The van der Waals surface area contributed by atoms with Gasteiger partial charge in [-0.3, -0.25) is 4.79 Å². The second kappa shape index (κ2) is 5.07. The third kappa shape index (κ3) is 2.58. The first-order valence-electron chi connectivity index (χ1n) is 5.21. The van der Waals surface area contributed by atoms with Gasteiger partial charge in [0.15, 0.2) is 0 Å². The van der Waals surface area contributed by atoms with Crippen LogP contribution < -0.4 is 0 Å². The van der Waals surface area contributed by atoms with E-state index in [0.29, 0.717) is 6.42 Å². The summed E-state index contributed by atoms with van der Waals surface area (Å²) in [5.41, 5.74) is 1.04. The quantitative estimate of drug-likeness (QED) is 0.765.